The van der Waals surface area contributed by atoms with E-state index in [9.17, 15) is 4.79 Å². The van der Waals surface area contributed by atoms with Crippen LogP contribution in [0.5, 0.6) is 5.75 Å². The Hall–Kier alpha value is -1.29. The van der Waals surface area contributed by atoms with Crippen LogP contribution in [0.25, 0.3) is 0 Å². The Kier molecular flexibility index (Phi) is 4.19. The third kappa shape index (κ3) is 3.62. The Bertz CT molecular complexity index is 314. The van der Waals surface area contributed by atoms with Crippen molar-refractivity contribution in [2.75, 3.05) is 6.61 Å². The summed E-state index contributed by atoms with van der Waals surface area (Å²) in [6.45, 7) is 3.86. The van der Waals surface area contributed by atoms with Crippen molar-refractivity contribution in [3.63, 3.8) is 0 Å². The van der Waals surface area contributed by atoms with Gasteiger partial charge in [-0.3, -0.25) is 0 Å². The van der Waals surface area contributed by atoms with E-state index in [-0.39, 0.29) is 5.97 Å². The van der Waals surface area contributed by atoms with Gasteiger partial charge in [-0.05, 0) is 25.3 Å². The molecule has 0 aliphatic carbocycles. The Morgan fingerprint density at radius 3 is 3.00 bits per heavy atom. The summed E-state index contributed by atoms with van der Waals surface area (Å²) in [6.07, 6.45) is 1.33. The van der Waals surface area contributed by atoms with Crippen molar-refractivity contribution in [3.8, 4) is 5.75 Å². The molecular formula is C10H12O3S. The zero-order chi connectivity index (χ0) is 10.4. The Balaban J connectivity index is 2.49. The van der Waals surface area contributed by atoms with Crippen LogP contribution in [-0.4, -0.2) is 12.6 Å². The van der Waals surface area contributed by atoms with Gasteiger partial charge in [0.25, 0.3) is 0 Å². The first kappa shape index (κ1) is 10.8. The zero-order valence-electron chi connectivity index (χ0n) is 8.15. The van der Waals surface area contributed by atoms with E-state index in [0.29, 0.717) is 12.4 Å². The molecule has 0 bridgehead atoms. The highest BCUT2D eigenvalue weighted by Crippen LogP contribution is 2.17. The van der Waals surface area contributed by atoms with Gasteiger partial charge in [-0.15, -0.1) is 11.3 Å². The number of carbonyl (C=O) groups excluding carboxylic acids is 1. The van der Waals surface area contributed by atoms with Crippen molar-refractivity contribution < 1.29 is 14.3 Å². The lowest BCUT2D eigenvalue weighted by atomic mass is 10.4. The molecule has 0 radical (unpaired) electrons. The molecule has 0 amide bonds. The van der Waals surface area contributed by atoms with Crippen molar-refractivity contribution in [1.29, 1.82) is 0 Å². The molecule has 4 heteroatoms. The second-order valence-electron chi connectivity index (χ2n) is 2.57. The molecule has 1 aromatic rings. The van der Waals surface area contributed by atoms with Gasteiger partial charge >= 0.3 is 5.97 Å². The van der Waals surface area contributed by atoms with E-state index in [1.54, 1.807) is 25.2 Å². The van der Waals surface area contributed by atoms with Crippen LogP contribution in [0.15, 0.2) is 28.7 Å². The van der Waals surface area contributed by atoms with Crippen molar-refractivity contribution >= 4 is 17.3 Å². The normalized spacial score (nSPS) is 11.1. The molecule has 0 aliphatic rings. The summed E-state index contributed by atoms with van der Waals surface area (Å²) in [4.78, 5) is 11.0. The average molecular weight is 212 g/mol. The molecule has 0 aromatic carbocycles. The van der Waals surface area contributed by atoms with Crippen LogP contribution in [0.2, 0.25) is 0 Å². The van der Waals surface area contributed by atoms with Crippen molar-refractivity contribution in [2.45, 2.75) is 13.8 Å². The molecule has 1 rings (SSSR count). The van der Waals surface area contributed by atoms with Crippen LogP contribution in [0.4, 0.5) is 0 Å². The molecule has 0 aliphatic heterocycles. The number of thiophene rings is 1. The Labute approximate surface area is 87.0 Å². The molecule has 0 N–H and O–H groups in total. The number of allylic oxidation sites excluding steroid dienone is 1. The molecule has 0 saturated carbocycles. The second kappa shape index (κ2) is 5.44. The average Bonchev–Trinajstić information content (AvgIpc) is 2.56. The number of esters is 1. The summed E-state index contributed by atoms with van der Waals surface area (Å²) >= 11 is 1.54. The maximum atomic E-state index is 11.0. The first-order chi connectivity index (χ1) is 6.72. The Morgan fingerprint density at radius 2 is 2.43 bits per heavy atom. The fourth-order valence-electron chi connectivity index (χ4n) is 0.875. The number of carbonyl (C=O) groups is 1. The van der Waals surface area contributed by atoms with Gasteiger partial charge in [0, 0.05) is 5.38 Å². The van der Waals surface area contributed by atoms with Gasteiger partial charge in [0.2, 0.25) is 0 Å². The zero-order valence-corrected chi connectivity index (χ0v) is 8.97. The maximum Gasteiger partial charge on any atom is 0.334 e. The highest BCUT2D eigenvalue weighted by atomic mass is 32.1. The topological polar surface area (TPSA) is 35.5 Å². The van der Waals surface area contributed by atoms with Gasteiger partial charge in [-0.2, -0.15) is 0 Å². The smallest absolute Gasteiger partial charge is 0.334 e. The van der Waals surface area contributed by atoms with Gasteiger partial charge in [0.1, 0.15) is 11.5 Å². The van der Waals surface area contributed by atoms with Gasteiger partial charge < -0.3 is 9.47 Å². The van der Waals surface area contributed by atoms with Crippen LogP contribution in [0, 0.1) is 0 Å². The SMILES string of the molecule is CCOC(=O)/C=C(/C)Oc1ccsc1. The molecule has 0 saturated heterocycles. The number of rotatable bonds is 4. The molecule has 0 fully saturated rings. The molecule has 0 unspecified atom stereocenters. The highest BCUT2D eigenvalue weighted by Gasteiger charge is 2.00. The van der Waals surface area contributed by atoms with E-state index in [0.717, 1.165) is 5.75 Å². The molecule has 3 nitrogen and oxygen atoms in total. The molecule has 1 heterocycles. The van der Waals surface area contributed by atoms with E-state index >= 15 is 0 Å². The maximum absolute atomic E-state index is 11.0. The lowest BCUT2D eigenvalue weighted by Gasteiger charge is -2.02. The van der Waals surface area contributed by atoms with Crippen molar-refractivity contribution in [1.82, 2.24) is 0 Å². The second-order valence-corrected chi connectivity index (χ2v) is 3.35. The highest BCUT2D eigenvalue weighted by molar-refractivity contribution is 7.08. The van der Waals surface area contributed by atoms with Gasteiger partial charge in [0.05, 0.1) is 12.7 Å². The minimum absolute atomic E-state index is 0.375. The minimum atomic E-state index is -0.375. The first-order valence-electron chi connectivity index (χ1n) is 4.27. The van der Waals surface area contributed by atoms with Crippen LogP contribution >= 0.6 is 11.3 Å². The van der Waals surface area contributed by atoms with Crippen LogP contribution in [0.1, 0.15) is 13.8 Å². The summed E-state index contributed by atoms with van der Waals surface area (Å²) in [6, 6.07) is 1.84. The lowest BCUT2D eigenvalue weighted by Crippen LogP contribution is -2.02. The van der Waals surface area contributed by atoms with E-state index < -0.39 is 0 Å². The number of hydrogen-bond acceptors (Lipinski definition) is 4. The molecule has 0 atom stereocenters. The van der Waals surface area contributed by atoms with E-state index in [4.69, 9.17) is 9.47 Å². The summed E-state index contributed by atoms with van der Waals surface area (Å²) < 4.78 is 10.1. The quantitative estimate of drug-likeness (QED) is 0.437. The molecular weight excluding hydrogens is 200 g/mol. The van der Waals surface area contributed by atoms with Crippen molar-refractivity contribution in [3.05, 3.63) is 28.7 Å². The molecule has 76 valence electrons. The molecule has 1 aromatic heterocycles. The summed E-state index contributed by atoms with van der Waals surface area (Å²) in [5.41, 5.74) is 0. The monoisotopic (exact) mass is 212 g/mol. The largest absolute Gasteiger partial charge is 0.463 e. The number of ether oxygens (including phenoxy) is 2. The standard InChI is InChI=1S/C10H12O3S/c1-3-12-10(11)6-8(2)13-9-4-5-14-7-9/h4-7H,3H2,1-2H3/b8-6-. The molecule has 0 spiro atoms. The van der Waals surface area contributed by atoms with E-state index in [1.165, 1.54) is 6.08 Å². The first-order valence-corrected chi connectivity index (χ1v) is 5.21. The fraction of sp³-hybridized carbons (Fsp3) is 0.300. The van der Waals surface area contributed by atoms with Crippen LogP contribution in [0.3, 0.4) is 0 Å². The summed E-state index contributed by atoms with van der Waals surface area (Å²) in [5.74, 6) is 0.898. The van der Waals surface area contributed by atoms with E-state index in [2.05, 4.69) is 0 Å². The predicted octanol–water partition coefficient (Wildman–Crippen LogP) is 2.59. The minimum Gasteiger partial charge on any atom is -0.463 e. The van der Waals surface area contributed by atoms with Crippen LogP contribution < -0.4 is 4.74 Å². The predicted molar refractivity (Wildman–Crippen MR) is 55.3 cm³/mol. The summed E-state index contributed by atoms with van der Waals surface area (Å²) in [5, 5.41) is 3.77. The van der Waals surface area contributed by atoms with Gasteiger partial charge in [-0.25, -0.2) is 4.79 Å². The van der Waals surface area contributed by atoms with Crippen LogP contribution in [-0.2, 0) is 9.53 Å². The van der Waals surface area contributed by atoms with Gasteiger partial charge in [-0.1, -0.05) is 0 Å². The molecule has 14 heavy (non-hydrogen) atoms. The Morgan fingerprint density at radius 1 is 1.64 bits per heavy atom. The van der Waals surface area contributed by atoms with Crippen molar-refractivity contribution in [2.24, 2.45) is 0 Å². The third-order valence-corrected chi connectivity index (χ3v) is 2.04. The number of hydrogen-bond donors (Lipinski definition) is 0. The van der Waals surface area contributed by atoms with E-state index in [1.807, 2.05) is 16.8 Å². The lowest BCUT2D eigenvalue weighted by molar-refractivity contribution is -0.137. The van der Waals surface area contributed by atoms with Gasteiger partial charge in [0.15, 0.2) is 0 Å². The summed E-state index contributed by atoms with van der Waals surface area (Å²) in [7, 11) is 0. The fourth-order valence-corrected chi connectivity index (χ4v) is 1.43. The third-order valence-electron chi connectivity index (χ3n) is 1.38.